The molecule has 0 saturated carbocycles. The fraction of sp³-hybridized carbons (Fsp3) is 0.435. The maximum atomic E-state index is 12.3. The second kappa shape index (κ2) is 9.78. The van der Waals surface area contributed by atoms with Crippen LogP contribution in [0.25, 0.3) is 11.1 Å². The number of H-pyrrole nitrogens is 1. The summed E-state index contributed by atoms with van der Waals surface area (Å²) in [4.78, 5) is 35.8. The van der Waals surface area contributed by atoms with Crippen molar-refractivity contribution in [2.75, 3.05) is 50.4 Å². The van der Waals surface area contributed by atoms with Gasteiger partial charge in [-0.15, -0.1) is 0 Å². The number of anilines is 2. The van der Waals surface area contributed by atoms with Gasteiger partial charge in [-0.05, 0) is 49.7 Å². The molecule has 0 radical (unpaired) electrons. The second-order valence-corrected chi connectivity index (χ2v) is 8.16. The number of piperidine rings is 1. The number of rotatable bonds is 7. The van der Waals surface area contributed by atoms with E-state index in [1.165, 1.54) is 19.3 Å². The number of likely N-dealkylation sites (tertiary alicyclic amines) is 2. The largest absolute Gasteiger partial charge is 0.374 e. The van der Waals surface area contributed by atoms with E-state index in [4.69, 9.17) is 0 Å². The standard InChI is InChI=1S/C23H30N6O2/c1-24-21-13-17(7-8-25-21)18-12-20(23(31)26-14-18)27-19-15-29(16-19)22(30)6-5-11-28-9-3-2-4-10-28/h5-8,12-14,19,27H,2-4,9-11,15-16H2,1H3,(H,24,25)(H,26,31)/b6-5+. The summed E-state index contributed by atoms with van der Waals surface area (Å²) in [5.74, 6) is 0.800. The van der Waals surface area contributed by atoms with Crippen LogP contribution in [0.1, 0.15) is 19.3 Å². The molecule has 8 nitrogen and oxygen atoms in total. The van der Waals surface area contributed by atoms with E-state index in [0.29, 0.717) is 18.8 Å². The molecule has 0 atom stereocenters. The molecule has 0 aromatic carbocycles. The molecule has 3 N–H and O–H groups in total. The van der Waals surface area contributed by atoms with Crippen LogP contribution in [0.5, 0.6) is 0 Å². The van der Waals surface area contributed by atoms with Gasteiger partial charge in [0, 0.05) is 50.7 Å². The van der Waals surface area contributed by atoms with E-state index in [9.17, 15) is 9.59 Å². The number of nitrogens with one attached hydrogen (secondary N) is 3. The molecule has 2 aromatic rings. The van der Waals surface area contributed by atoms with Crippen LogP contribution in [0, 0.1) is 0 Å². The van der Waals surface area contributed by atoms with Gasteiger partial charge in [-0.1, -0.05) is 12.5 Å². The maximum absolute atomic E-state index is 12.3. The first kappa shape index (κ1) is 21.1. The van der Waals surface area contributed by atoms with Gasteiger partial charge in [0.25, 0.3) is 5.56 Å². The zero-order valence-electron chi connectivity index (χ0n) is 17.9. The minimum Gasteiger partial charge on any atom is -0.374 e. The van der Waals surface area contributed by atoms with Gasteiger partial charge in [-0.25, -0.2) is 4.98 Å². The molecule has 31 heavy (non-hydrogen) atoms. The van der Waals surface area contributed by atoms with Crippen LogP contribution in [0.3, 0.4) is 0 Å². The Morgan fingerprint density at radius 2 is 2.03 bits per heavy atom. The zero-order chi connectivity index (χ0) is 21.6. The molecule has 2 fully saturated rings. The van der Waals surface area contributed by atoms with Crippen molar-refractivity contribution >= 4 is 17.4 Å². The number of amides is 1. The van der Waals surface area contributed by atoms with E-state index in [2.05, 4.69) is 25.5 Å². The fourth-order valence-electron chi connectivity index (χ4n) is 4.02. The molecule has 0 bridgehead atoms. The molecule has 0 spiro atoms. The second-order valence-electron chi connectivity index (χ2n) is 8.16. The molecular weight excluding hydrogens is 392 g/mol. The smallest absolute Gasteiger partial charge is 0.271 e. The maximum Gasteiger partial charge on any atom is 0.271 e. The van der Waals surface area contributed by atoms with Crippen LogP contribution < -0.4 is 16.2 Å². The van der Waals surface area contributed by atoms with Crippen molar-refractivity contribution in [2.24, 2.45) is 0 Å². The lowest BCUT2D eigenvalue weighted by molar-refractivity contribution is -0.129. The predicted molar refractivity (Wildman–Crippen MR) is 123 cm³/mol. The number of hydrogen-bond acceptors (Lipinski definition) is 6. The highest BCUT2D eigenvalue weighted by atomic mass is 16.2. The normalized spacial score (nSPS) is 17.5. The highest BCUT2D eigenvalue weighted by Gasteiger charge is 2.29. The molecule has 1 amide bonds. The topological polar surface area (TPSA) is 93.4 Å². The van der Waals surface area contributed by atoms with Crippen LogP contribution >= 0.6 is 0 Å². The minimum absolute atomic E-state index is 0.0362. The summed E-state index contributed by atoms with van der Waals surface area (Å²) in [6, 6.07) is 5.74. The lowest BCUT2D eigenvalue weighted by Gasteiger charge is -2.39. The average Bonchev–Trinajstić information content (AvgIpc) is 2.77. The average molecular weight is 423 g/mol. The van der Waals surface area contributed by atoms with Crippen molar-refractivity contribution in [1.82, 2.24) is 19.8 Å². The Morgan fingerprint density at radius 1 is 1.23 bits per heavy atom. The van der Waals surface area contributed by atoms with Crippen molar-refractivity contribution in [3.63, 3.8) is 0 Å². The molecule has 2 saturated heterocycles. The fourth-order valence-corrected chi connectivity index (χ4v) is 4.02. The van der Waals surface area contributed by atoms with Crippen molar-refractivity contribution in [3.05, 3.63) is 53.1 Å². The number of aromatic nitrogens is 2. The number of carbonyl (C=O) groups is 1. The van der Waals surface area contributed by atoms with Crippen LogP contribution in [0.4, 0.5) is 11.5 Å². The van der Waals surface area contributed by atoms with Gasteiger partial charge in [0.05, 0.1) is 6.04 Å². The molecule has 0 aliphatic carbocycles. The van der Waals surface area contributed by atoms with Gasteiger partial charge in [0.1, 0.15) is 11.5 Å². The van der Waals surface area contributed by atoms with Crippen LogP contribution in [-0.4, -0.2) is 71.5 Å². The Hall–Kier alpha value is -3.13. The van der Waals surface area contributed by atoms with Crippen molar-refractivity contribution in [3.8, 4) is 11.1 Å². The summed E-state index contributed by atoms with van der Waals surface area (Å²) in [7, 11) is 1.82. The van der Waals surface area contributed by atoms with E-state index in [0.717, 1.165) is 36.6 Å². The minimum atomic E-state index is -0.169. The van der Waals surface area contributed by atoms with Crippen LogP contribution in [-0.2, 0) is 4.79 Å². The van der Waals surface area contributed by atoms with Gasteiger partial charge in [-0.2, -0.15) is 0 Å². The highest BCUT2D eigenvalue weighted by molar-refractivity contribution is 5.88. The van der Waals surface area contributed by atoms with Crippen molar-refractivity contribution < 1.29 is 4.79 Å². The Morgan fingerprint density at radius 3 is 2.81 bits per heavy atom. The summed E-state index contributed by atoms with van der Waals surface area (Å²) >= 11 is 0. The summed E-state index contributed by atoms with van der Waals surface area (Å²) < 4.78 is 0. The van der Waals surface area contributed by atoms with Gasteiger partial charge < -0.3 is 20.5 Å². The first-order valence-corrected chi connectivity index (χ1v) is 10.9. The lowest BCUT2D eigenvalue weighted by atomic mass is 10.1. The summed E-state index contributed by atoms with van der Waals surface area (Å²) in [6.07, 6.45) is 10.9. The molecule has 4 rings (SSSR count). The molecule has 164 valence electrons. The van der Waals surface area contributed by atoms with Gasteiger partial charge >= 0.3 is 0 Å². The molecule has 2 aliphatic heterocycles. The Kier molecular flexibility index (Phi) is 6.66. The van der Waals surface area contributed by atoms with Gasteiger partial charge in [-0.3, -0.25) is 14.5 Å². The van der Waals surface area contributed by atoms with E-state index < -0.39 is 0 Å². The summed E-state index contributed by atoms with van der Waals surface area (Å²) in [5.41, 5.74) is 2.20. The van der Waals surface area contributed by atoms with E-state index in [1.807, 2.05) is 31.3 Å². The summed E-state index contributed by atoms with van der Waals surface area (Å²) in [5, 5.41) is 6.29. The Bertz CT molecular complexity index is 990. The summed E-state index contributed by atoms with van der Waals surface area (Å²) in [6.45, 7) is 4.27. The van der Waals surface area contributed by atoms with E-state index >= 15 is 0 Å². The lowest BCUT2D eigenvalue weighted by Crippen LogP contribution is -2.57. The van der Waals surface area contributed by atoms with Crippen LogP contribution in [0.15, 0.2) is 47.5 Å². The number of aromatic amines is 1. The van der Waals surface area contributed by atoms with Gasteiger partial charge in [0.15, 0.2) is 0 Å². The Labute approximate surface area is 182 Å². The molecular formula is C23H30N6O2. The Balaban J connectivity index is 1.30. The molecule has 2 aromatic heterocycles. The molecule has 4 heterocycles. The number of pyridine rings is 2. The predicted octanol–water partition coefficient (Wildman–Crippen LogP) is 2.14. The van der Waals surface area contributed by atoms with Crippen LogP contribution in [0.2, 0.25) is 0 Å². The molecule has 2 aliphatic rings. The number of carbonyl (C=O) groups excluding carboxylic acids is 1. The third kappa shape index (κ3) is 5.32. The third-order valence-corrected chi connectivity index (χ3v) is 5.88. The van der Waals surface area contributed by atoms with Gasteiger partial charge in [0.2, 0.25) is 5.91 Å². The first-order valence-electron chi connectivity index (χ1n) is 10.9. The van der Waals surface area contributed by atoms with Crippen molar-refractivity contribution in [1.29, 1.82) is 0 Å². The van der Waals surface area contributed by atoms with E-state index in [-0.39, 0.29) is 17.5 Å². The first-order chi connectivity index (χ1) is 15.1. The number of nitrogens with zero attached hydrogens (tertiary/aromatic N) is 3. The third-order valence-electron chi connectivity index (χ3n) is 5.88. The van der Waals surface area contributed by atoms with E-state index in [1.54, 1.807) is 23.4 Å². The molecule has 8 heteroatoms. The molecule has 0 unspecified atom stereocenters. The quantitative estimate of drug-likeness (QED) is 0.592. The monoisotopic (exact) mass is 422 g/mol. The number of hydrogen-bond donors (Lipinski definition) is 3. The SMILES string of the molecule is CNc1cc(-c2c[nH]c(=O)c(NC3CN(C(=O)/C=C/CN4CCCCC4)C3)c2)ccn1. The zero-order valence-corrected chi connectivity index (χ0v) is 17.9. The highest BCUT2D eigenvalue weighted by Crippen LogP contribution is 2.22. The van der Waals surface area contributed by atoms with Crippen molar-refractivity contribution in [2.45, 2.75) is 25.3 Å².